The van der Waals surface area contributed by atoms with Crippen LogP contribution in [0.15, 0.2) is 34.5 Å². The third kappa shape index (κ3) is 10.7. The smallest absolute Gasteiger partial charge is 0.391 e. The summed E-state index contributed by atoms with van der Waals surface area (Å²) < 4.78 is 133. The second-order valence-corrected chi connectivity index (χ2v) is 20.9. The SMILES string of the molecule is CCc1c(S(=O)(=O)NCP(=O)(O)Oc2ccc(C#N)c(F)c2)sc2c(F)c(-c3cc4c(OC(C)=O)c(c3OC(C)=O)C(=O)NCC(C)O4)c(-c3cc4c(OC(C)=O)c(c3OC(C)=O)C(=O)NCC(C)O4)c(F)c12. The maximum Gasteiger partial charge on any atom is 0.391 e. The normalized spacial score (nSPS) is 16.1. The minimum Gasteiger partial charge on any atom is -0.485 e. The van der Waals surface area contributed by atoms with Crippen molar-refractivity contribution in [1.82, 2.24) is 15.4 Å². The Bertz CT molecular complexity index is 3450. The number of halogens is 3. The second-order valence-electron chi connectivity index (χ2n) is 16.2. The number of hydrogen-bond donors (Lipinski definition) is 4. The van der Waals surface area contributed by atoms with Gasteiger partial charge in [-0.25, -0.2) is 26.2 Å². The molecule has 1 aromatic heterocycles. The van der Waals surface area contributed by atoms with Gasteiger partial charge in [0.05, 0.1) is 23.4 Å². The molecule has 4 N–H and O–H groups in total. The third-order valence-corrected chi connectivity index (χ3v) is 15.0. The number of fused-ring (bicyclic) bond motifs is 5. The number of rotatable bonds is 13. The van der Waals surface area contributed by atoms with E-state index in [4.69, 9.17) is 38.2 Å². The molecule has 3 atom stereocenters. The molecule has 384 valence electrons. The predicted octanol–water partition coefficient (Wildman–Crippen LogP) is 6.31. The van der Waals surface area contributed by atoms with Crippen molar-refractivity contribution >= 4 is 74.7 Å². The first kappa shape index (κ1) is 53.2. The van der Waals surface area contributed by atoms with Gasteiger partial charge in [-0.1, -0.05) is 6.92 Å². The quantitative estimate of drug-likeness (QED) is 0.0570. The Morgan fingerprint density at radius 1 is 0.795 bits per heavy atom. The highest BCUT2D eigenvalue weighted by atomic mass is 32.2. The zero-order chi connectivity index (χ0) is 53.6. The monoisotopic (exact) mass is 1070 g/mol. The Morgan fingerprint density at radius 3 is 1.70 bits per heavy atom. The summed E-state index contributed by atoms with van der Waals surface area (Å²) in [6, 6.07) is 5.95. The molecule has 0 spiro atoms. The Hall–Kier alpha value is -7.56. The average Bonchev–Trinajstić information content (AvgIpc) is 3.70. The standard InChI is InChI=1S/C46H40F3N4O17PS2/c1-8-26-34-37(48)32(27-12-30-41(68-22(6)56)35(39(27)66-20(4)54)44(58)51-15-18(2)64-30)33(28-13-31-42(69-23(7)57)36(40(28)67-21(5)55)45(59)52-16-19(3)65-31)38(49)43(34)72-46(26)73(62,63)53-17-71(60,61)70-25-10-9-24(14-50)29(47)11-25/h9-13,18-19,53H,8,15-17H2,1-7H3,(H,51,58)(H,52,59)(H,60,61). The first-order valence-electron chi connectivity index (χ1n) is 21.5. The highest BCUT2D eigenvalue weighted by Crippen LogP contribution is 2.56. The van der Waals surface area contributed by atoms with Gasteiger partial charge >= 0.3 is 31.5 Å². The average molecular weight is 1070 g/mol. The largest absolute Gasteiger partial charge is 0.485 e. The molecule has 2 amide bonds. The number of nitrogens with zero attached hydrogens (tertiary/aromatic N) is 1. The van der Waals surface area contributed by atoms with Gasteiger partial charge in [-0.2, -0.15) is 9.98 Å². The van der Waals surface area contributed by atoms with Crippen molar-refractivity contribution in [3.8, 4) is 68.6 Å². The fourth-order valence-electron chi connectivity index (χ4n) is 7.77. The lowest BCUT2D eigenvalue weighted by Gasteiger charge is -2.28. The molecule has 0 saturated heterocycles. The van der Waals surface area contributed by atoms with Crippen molar-refractivity contribution in [3.05, 3.63) is 70.0 Å². The summed E-state index contributed by atoms with van der Waals surface area (Å²) in [4.78, 5) is 90.0. The lowest BCUT2D eigenvalue weighted by atomic mass is 9.87. The molecule has 5 aromatic rings. The molecular formula is C46H40F3N4O17PS2. The van der Waals surface area contributed by atoms with Crippen LogP contribution in [0.2, 0.25) is 0 Å². The molecule has 4 bridgehead atoms. The molecule has 4 aromatic carbocycles. The van der Waals surface area contributed by atoms with E-state index in [1.165, 1.54) is 20.8 Å². The van der Waals surface area contributed by atoms with Gasteiger partial charge in [0.15, 0.2) is 34.5 Å². The Morgan fingerprint density at radius 2 is 1.26 bits per heavy atom. The van der Waals surface area contributed by atoms with E-state index < -0.39 is 195 Å². The number of carbonyl (C=O) groups excluding carboxylic acids is 6. The van der Waals surface area contributed by atoms with Crippen LogP contribution in [0.4, 0.5) is 13.2 Å². The van der Waals surface area contributed by atoms with Gasteiger partial charge in [0.25, 0.3) is 21.8 Å². The lowest BCUT2D eigenvalue weighted by molar-refractivity contribution is -0.133. The first-order chi connectivity index (χ1) is 34.3. The molecule has 3 heterocycles. The summed E-state index contributed by atoms with van der Waals surface area (Å²) in [5.41, 5.74) is -5.80. The number of thiophene rings is 1. The van der Waals surface area contributed by atoms with Crippen molar-refractivity contribution in [2.24, 2.45) is 0 Å². The van der Waals surface area contributed by atoms with Gasteiger partial charge in [-0.05, 0) is 50.1 Å². The van der Waals surface area contributed by atoms with Crippen LogP contribution in [-0.2, 0) is 40.2 Å². The number of esters is 4. The van der Waals surface area contributed by atoms with E-state index >= 15 is 8.78 Å². The number of sulfonamides is 1. The summed E-state index contributed by atoms with van der Waals surface area (Å²) in [7, 11) is -10.2. The summed E-state index contributed by atoms with van der Waals surface area (Å²) in [5.74, 6) is -15.2. The van der Waals surface area contributed by atoms with E-state index in [0.29, 0.717) is 6.07 Å². The van der Waals surface area contributed by atoms with Crippen LogP contribution < -0.4 is 48.3 Å². The molecule has 0 aliphatic carbocycles. The number of benzene rings is 4. The molecule has 2 aliphatic heterocycles. The molecule has 3 unspecified atom stereocenters. The topological polar surface area (TPSA) is 298 Å². The van der Waals surface area contributed by atoms with E-state index in [9.17, 15) is 51.0 Å². The third-order valence-electron chi connectivity index (χ3n) is 10.6. The fourth-order valence-corrected chi connectivity index (χ4v) is 12.2. The highest BCUT2D eigenvalue weighted by molar-refractivity contribution is 7.92. The van der Waals surface area contributed by atoms with Gasteiger partial charge in [-0.3, -0.25) is 28.8 Å². The van der Waals surface area contributed by atoms with Crippen molar-refractivity contribution in [2.45, 2.75) is 71.3 Å². The van der Waals surface area contributed by atoms with Gasteiger partial charge in [-0.15, -0.1) is 11.3 Å². The number of ether oxygens (including phenoxy) is 6. The van der Waals surface area contributed by atoms with Crippen molar-refractivity contribution in [2.75, 3.05) is 19.4 Å². The molecule has 73 heavy (non-hydrogen) atoms. The molecular weight excluding hydrogens is 1030 g/mol. The van der Waals surface area contributed by atoms with E-state index in [1.807, 2.05) is 4.72 Å². The van der Waals surface area contributed by atoms with E-state index in [0.717, 1.165) is 52.0 Å². The van der Waals surface area contributed by atoms with Crippen LogP contribution in [0.5, 0.6) is 40.2 Å². The first-order valence-corrected chi connectivity index (χ1v) is 25.6. The van der Waals surface area contributed by atoms with Crippen LogP contribution in [0.25, 0.3) is 32.3 Å². The Labute approximate surface area is 416 Å². The van der Waals surface area contributed by atoms with Crippen LogP contribution in [0, 0.1) is 28.8 Å². The number of hydrogen-bond acceptors (Lipinski definition) is 18. The minimum atomic E-state index is -5.12. The van der Waals surface area contributed by atoms with E-state index in [-0.39, 0.29) is 24.4 Å². The molecule has 2 aliphatic rings. The Balaban J connectivity index is 1.62. The van der Waals surface area contributed by atoms with Crippen LogP contribution >= 0.6 is 18.9 Å². The van der Waals surface area contributed by atoms with Gasteiger partial charge in [0.1, 0.15) is 63.1 Å². The fraction of sp³-hybridized carbons (Fsp3) is 0.283. The predicted molar refractivity (Wildman–Crippen MR) is 249 cm³/mol. The van der Waals surface area contributed by atoms with Gasteiger partial charge in [0.2, 0.25) is 0 Å². The van der Waals surface area contributed by atoms with Crippen molar-refractivity contribution in [1.29, 1.82) is 5.26 Å². The van der Waals surface area contributed by atoms with E-state index in [1.54, 1.807) is 6.07 Å². The Kier molecular flexibility index (Phi) is 15.0. The van der Waals surface area contributed by atoms with Crippen molar-refractivity contribution in [3.63, 3.8) is 0 Å². The molecule has 0 radical (unpaired) electrons. The molecule has 27 heteroatoms. The summed E-state index contributed by atoms with van der Waals surface area (Å²) in [5, 5.41) is 13.3. The number of nitriles is 1. The number of aryl methyl sites for hydroxylation is 1. The molecule has 7 rings (SSSR count). The number of carbonyl (C=O) groups is 6. The zero-order valence-corrected chi connectivity index (χ0v) is 41.7. The summed E-state index contributed by atoms with van der Waals surface area (Å²) >= 11 is 0.113. The zero-order valence-electron chi connectivity index (χ0n) is 39.2. The van der Waals surface area contributed by atoms with Crippen LogP contribution in [0.3, 0.4) is 0 Å². The number of nitrogens with one attached hydrogen (secondary N) is 3. The minimum absolute atomic E-state index is 0.113. The molecule has 0 saturated carbocycles. The maximum absolute atomic E-state index is 18.6. The highest BCUT2D eigenvalue weighted by Gasteiger charge is 2.40. The van der Waals surface area contributed by atoms with Crippen LogP contribution in [0.1, 0.15) is 80.3 Å². The summed E-state index contributed by atoms with van der Waals surface area (Å²) in [6.45, 7) is 7.64. The van der Waals surface area contributed by atoms with Crippen molar-refractivity contribution < 1.29 is 92.8 Å². The summed E-state index contributed by atoms with van der Waals surface area (Å²) in [6.07, 6.45) is -3.65. The van der Waals surface area contributed by atoms with E-state index in [2.05, 4.69) is 10.6 Å². The van der Waals surface area contributed by atoms with Crippen LogP contribution in [-0.4, -0.2) is 80.6 Å². The molecule has 0 fully saturated rings. The second kappa shape index (κ2) is 20.5. The van der Waals surface area contributed by atoms with Gasteiger partial charge < -0.3 is 48.5 Å². The lowest BCUT2D eigenvalue weighted by Crippen LogP contribution is -2.36. The van der Waals surface area contributed by atoms with Gasteiger partial charge in [0, 0.05) is 61.4 Å². The molecule has 21 nitrogen and oxygen atoms in total. The maximum atomic E-state index is 18.6. The number of amides is 2.